The molecule has 0 amide bonds. The second-order valence-electron chi connectivity index (χ2n) is 5.68. The van der Waals surface area contributed by atoms with Crippen molar-refractivity contribution < 1.29 is 14.5 Å². The van der Waals surface area contributed by atoms with Gasteiger partial charge in [0, 0.05) is 24.3 Å². The number of aryl methyl sites for hydroxylation is 1. The maximum Gasteiger partial charge on any atom is 0.337 e. The highest BCUT2D eigenvalue weighted by Gasteiger charge is 2.14. The molecule has 3 rings (SSSR count). The number of hydrogen-bond donors (Lipinski definition) is 0. The highest BCUT2D eigenvalue weighted by molar-refractivity contribution is 5.88. The Morgan fingerprint density at radius 3 is 2.52 bits per heavy atom. The van der Waals surface area contributed by atoms with Crippen molar-refractivity contribution >= 4 is 17.7 Å². The van der Waals surface area contributed by atoms with E-state index in [4.69, 9.17) is 4.74 Å². The van der Waals surface area contributed by atoms with Crippen LogP contribution in [-0.2, 0) is 11.2 Å². The minimum Gasteiger partial charge on any atom is -0.404 e. The Balaban J connectivity index is 1.83. The van der Waals surface area contributed by atoms with Crippen molar-refractivity contribution in [2.24, 2.45) is 0 Å². The van der Waals surface area contributed by atoms with E-state index < -0.39 is 10.9 Å². The van der Waals surface area contributed by atoms with E-state index in [1.807, 2.05) is 37.3 Å². The van der Waals surface area contributed by atoms with Crippen molar-refractivity contribution in [1.29, 1.82) is 0 Å². The number of nitrogens with zero attached hydrogens (tertiary/aromatic N) is 3. The van der Waals surface area contributed by atoms with Gasteiger partial charge in [-0.25, -0.2) is 9.48 Å². The summed E-state index contributed by atoms with van der Waals surface area (Å²) in [7, 11) is 0. The average Bonchev–Trinajstić information content (AvgIpc) is 3.10. The van der Waals surface area contributed by atoms with Crippen molar-refractivity contribution in [3.05, 3.63) is 88.1 Å². The van der Waals surface area contributed by atoms with Crippen molar-refractivity contribution in [2.45, 2.75) is 13.3 Å². The first-order chi connectivity index (χ1) is 13.1. The van der Waals surface area contributed by atoms with E-state index >= 15 is 0 Å². The Bertz CT molecular complexity index is 976. The Morgan fingerprint density at radius 2 is 1.89 bits per heavy atom. The summed E-state index contributed by atoms with van der Waals surface area (Å²) in [6.45, 7) is 1.93. The van der Waals surface area contributed by atoms with Gasteiger partial charge in [-0.15, -0.1) is 0 Å². The van der Waals surface area contributed by atoms with Gasteiger partial charge in [-0.05, 0) is 30.2 Å². The van der Waals surface area contributed by atoms with Crippen LogP contribution >= 0.6 is 0 Å². The molecular weight excluding hydrogens is 346 g/mol. The van der Waals surface area contributed by atoms with Crippen LogP contribution in [0.1, 0.15) is 18.2 Å². The second kappa shape index (κ2) is 8.09. The fourth-order valence-electron chi connectivity index (χ4n) is 2.42. The molecule has 0 atom stereocenters. The smallest absolute Gasteiger partial charge is 0.337 e. The first-order valence-electron chi connectivity index (χ1n) is 8.35. The molecule has 0 saturated heterocycles. The van der Waals surface area contributed by atoms with Gasteiger partial charge >= 0.3 is 5.97 Å². The lowest BCUT2D eigenvalue weighted by molar-refractivity contribution is -0.384. The van der Waals surface area contributed by atoms with E-state index in [0.717, 1.165) is 11.3 Å². The monoisotopic (exact) mass is 363 g/mol. The molecule has 27 heavy (non-hydrogen) atoms. The summed E-state index contributed by atoms with van der Waals surface area (Å²) in [5.41, 5.74) is 2.16. The van der Waals surface area contributed by atoms with E-state index in [-0.39, 0.29) is 11.6 Å². The minimum atomic E-state index is -0.537. The zero-order chi connectivity index (χ0) is 19.2. The summed E-state index contributed by atoms with van der Waals surface area (Å²) in [6.07, 6.45) is 3.66. The summed E-state index contributed by atoms with van der Waals surface area (Å²) >= 11 is 0. The highest BCUT2D eigenvalue weighted by Crippen LogP contribution is 2.22. The average molecular weight is 363 g/mol. The van der Waals surface area contributed by atoms with Gasteiger partial charge < -0.3 is 4.74 Å². The van der Waals surface area contributed by atoms with E-state index in [1.165, 1.54) is 22.9 Å². The van der Waals surface area contributed by atoms with Gasteiger partial charge in [0.05, 0.1) is 16.3 Å². The van der Waals surface area contributed by atoms with Crippen LogP contribution in [0.25, 0.3) is 11.8 Å². The summed E-state index contributed by atoms with van der Waals surface area (Å²) in [5.74, 6) is -0.284. The molecule has 0 radical (unpaired) electrons. The molecule has 1 aromatic heterocycles. The van der Waals surface area contributed by atoms with Crippen LogP contribution in [0.5, 0.6) is 5.88 Å². The van der Waals surface area contributed by atoms with Crippen LogP contribution in [0, 0.1) is 10.1 Å². The van der Waals surface area contributed by atoms with E-state index in [9.17, 15) is 14.9 Å². The van der Waals surface area contributed by atoms with Crippen molar-refractivity contribution in [1.82, 2.24) is 9.78 Å². The van der Waals surface area contributed by atoms with Crippen molar-refractivity contribution in [3.63, 3.8) is 0 Å². The van der Waals surface area contributed by atoms with Crippen LogP contribution < -0.4 is 4.74 Å². The molecule has 7 nitrogen and oxygen atoms in total. The maximum absolute atomic E-state index is 12.2. The van der Waals surface area contributed by atoms with Gasteiger partial charge in [-0.1, -0.05) is 37.3 Å². The third-order valence-corrected chi connectivity index (χ3v) is 3.81. The Kier molecular flexibility index (Phi) is 5.41. The first-order valence-corrected chi connectivity index (χ1v) is 8.35. The first kappa shape index (κ1) is 18.1. The number of benzene rings is 2. The van der Waals surface area contributed by atoms with Crippen LogP contribution in [-0.4, -0.2) is 20.7 Å². The van der Waals surface area contributed by atoms with E-state index in [2.05, 4.69) is 5.10 Å². The minimum absolute atomic E-state index is 0.0223. The molecule has 136 valence electrons. The zero-order valence-corrected chi connectivity index (χ0v) is 14.6. The molecule has 0 fully saturated rings. The quantitative estimate of drug-likeness (QED) is 0.286. The predicted octanol–water partition coefficient (Wildman–Crippen LogP) is 3.96. The molecule has 0 aliphatic heterocycles. The number of carbonyl (C=O) groups excluding carboxylic acids is 1. The largest absolute Gasteiger partial charge is 0.404 e. The molecule has 1 heterocycles. The molecule has 0 aliphatic rings. The zero-order valence-electron chi connectivity index (χ0n) is 14.6. The summed E-state index contributed by atoms with van der Waals surface area (Å²) in [4.78, 5) is 22.5. The van der Waals surface area contributed by atoms with Gasteiger partial charge in [0.25, 0.3) is 5.69 Å². The topological polar surface area (TPSA) is 87.3 Å². The molecule has 7 heteroatoms. The Morgan fingerprint density at radius 1 is 1.19 bits per heavy atom. The number of ether oxygens (including phenoxy) is 1. The van der Waals surface area contributed by atoms with Gasteiger partial charge in [0.1, 0.15) is 0 Å². The lowest BCUT2D eigenvalue weighted by Crippen LogP contribution is -2.08. The molecule has 0 spiro atoms. The molecule has 0 bridgehead atoms. The molecule has 2 aromatic carbocycles. The molecule has 0 saturated carbocycles. The van der Waals surface area contributed by atoms with Gasteiger partial charge in [0.2, 0.25) is 5.88 Å². The second-order valence-corrected chi connectivity index (χ2v) is 5.68. The van der Waals surface area contributed by atoms with Crippen molar-refractivity contribution in [3.8, 4) is 11.6 Å². The van der Waals surface area contributed by atoms with Gasteiger partial charge in [-0.2, -0.15) is 5.10 Å². The standard InChI is InChI=1S/C20H17N3O4/c1-2-16-14-19(27-20(24)13-8-15-6-4-3-5-7-15)22(21-16)17-9-11-18(12-10-17)23(25)26/h3-14H,2H2,1H3/b13-8+. The lowest BCUT2D eigenvalue weighted by atomic mass is 10.2. The summed E-state index contributed by atoms with van der Waals surface area (Å²) in [6, 6.07) is 16.9. The highest BCUT2D eigenvalue weighted by atomic mass is 16.6. The molecule has 0 aliphatic carbocycles. The number of carbonyl (C=O) groups is 1. The normalized spacial score (nSPS) is 10.9. The van der Waals surface area contributed by atoms with Crippen LogP contribution in [0.15, 0.2) is 66.7 Å². The number of rotatable bonds is 6. The SMILES string of the molecule is CCc1cc(OC(=O)/C=C/c2ccccc2)n(-c2ccc([N+](=O)[O-])cc2)n1. The molecule has 3 aromatic rings. The van der Waals surface area contributed by atoms with Crippen LogP contribution in [0.4, 0.5) is 5.69 Å². The molecule has 0 N–H and O–H groups in total. The van der Waals surface area contributed by atoms with E-state index in [1.54, 1.807) is 24.3 Å². The predicted molar refractivity (Wildman–Crippen MR) is 101 cm³/mol. The van der Waals surface area contributed by atoms with E-state index in [0.29, 0.717) is 12.1 Å². The number of aromatic nitrogens is 2. The number of nitro benzene ring substituents is 1. The fraction of sp³-hybridized carbons (Fsp3) is 0.100. The van der Waals surface area contributed by atoms with Gasteiger partial charge in [-0.3, -0.25) is 10.1 Å². The van der Waals surface area contributed by atoms with Gasteiger partial charge in [0.15, 0.2) is 0 Å². The molecule has 0 unspecified atom stereocenters. The third-order valence-electron chi connectivity index (χ3n) is 3.81. The number of hydrogen-bond acceptors (Lipinski definition) is 5. The summed E-state index contributed by atoms with van der Waals surface area (Å²) < 4.78 is 6.88. The maximum atomic E-state index is 12.2. The van der Waals surface area contributed by atoms with Crippen LogP contribution in [0.2, 0.25) is 0 Å². The fourth-order valence-corrected chi connectivity index (χ4v) is 2.42. The lowest BCUT2D eigenvalue weighted by Gasteiger charge is -2.06. The Labute approximate surface area is 155 Å². The Hall–Kier alpha value is -3.74. The number of esters is 1. The van der Waals surface area contributed by atoms with Crippen LogP contribution in [0.3, 0.4) is 0 Å². The van der Waals surface area contributed by atoms with Crippen molar-refractivity contribution in [2.75, 3.05) is 0 Å². The molecular formula is C20H17N3O4. The number of non-ortho nitro benzene ring substituents is 1. The summed E-state index contributed by atoms with van der Waals surface area (Å²) in [5, 5.41) is 15.2. The number of nitro groups is 1. The third kappa shape index (κ3) is 4.46.